The van der Waals surface area contributed by atoms with Crippen LogP contribution in [0.2, 0.25) is 0 Å². The molecule has 0 radical (unpaired) electrons. The fraction of sp³-hybridized carbons (Fsp3) is 0.250. The zero-order valence-electron chi connectivity index (χ0n) is 10.0. The molecule has 3 rings (SSSR count). The topological polar surface area (TPSA) is 85.4 Å². The molecule has 0 bridgehead atoms. The summed E-state index contributed by atoms with van der Waals surface area (Å²) in [5, 5.41) is 16.0. The number of nitrogens with two attached hydrogens (primary N) is 1. The number of nitrogens with zero attached hydrogens (tertiary/aromatic N) is 4. The van der Waals surface area contributed by atoms with E-state index in [1.165, 1.54) is 0 Å². The molecule has 1 atom stereocenters. The molecule has 2 aromatic heterocycles. The van der Waals surface area contributed by atoms with Crippen molar-refractivity contribution in [2.45, 2.75) is 12.5 Å². The second-order valence-corrected chi connectivity index (χ2v) is 4.29. The Hall–Kier alpha value is -2.21. The largest absolute Gasteiger partial charge is 0.322 e. The Morgan fingerprint density at radius 1 is 1.39 bits per heavy atom. The van der Waals surface area contributed by atoms with Crippen LogP contribution in [0.25, 0.3) is 10.9 Å². The number of aromatic nitrogens is 5. The number of fused-ring (bicyclic) bond motifs is 1. The summed E-state index contributed by atoms with van der Waals surface area (Å²) in [4.78, 5) is 0. The second-order valence-electron chi connectivity index (χ2n) is 4.29. The van der Waals surface area contributed by atoms with Gasteiger partial charge in [-0.1, -0.05) is 18.2 Å². The van der Waals surface area contributed by atoms with Crippen molar-refractivity contribution < 1.29 is 0 Å². The zero-order chi connectivity index (χ0) is 12.5. The van der Waals surface area contributed by atoms with Crippen molar-refractivity contribution in [1.82, 2.24) is 25.2 Å². The predicted octanol–water partition coefficient (Wildman–Crippen LogP) is 0.934. The Bertz CT molecular complexity index is 654. The van der Waals surface area contributed by atoms with Gasteiger partial charge in [-0.05, 0) is 6.07 Å². The lowest BCUT2D eigenvalue weighted by Gasteiger charge is -2.05. The van der Waals surface area contributed by atoms with E-state index in [2.05, 4.69) is 26.6 Å². The van der Waals surface area contributed by atoms with Gasteiger partial charge in [0.2, 0.25) is 0 Å². The van der Waals surface area contributed by atoms with Crippen LogP contribution in [-0.2, 0) is 13.5 Å². The molecule has 0 saturated carbocycles. The molecule has 3 aromatic rings. The highest BCUT2D eigenvalue weighted by Crippen LogP contribution is 2.21. The maximum absolute atomic E-state index is 6.10. The van der Waals surface area contributed by atoms with E-state index in [4.69, 9.17) is 5.73 Å². The molecule has 0 saturated heterocycles. The highest BCUT2D eigenvalue weighted by atomic mass is 15.3. The molecule has 0 spiro atoms. The summed E-state index contributed by atoms with van der Waals surface area (Å²) < 4.78 is 1.88. The lowest BCUT2D eigenvalue weighted by atomic mass is 10.1. The first kappa shape index (κ1) is 10.9. The molecule has 0 aliphatic heterocycles. The molecular formula is C12H14N6. The Morgan fingerprint density at radius 2 is 2.22 bits per heavy atom. The van der Waals surface area contributed by atoms with Crippen molar-refractivity contribution in [1.29, 1.82) is 0 Å². The molecule has 1 aromatic carbocycles. The van der Waals surface area contributed by atoms with Crippen LogP contribution >= 0.6 is 0 Å². The molecule has 92 valence electrons. The second kappa shape index (κ2) is 4.23. The molecular weight excluding hydrogens is 228 g/mol. The van der Waals surface area contributed by atoms with Gasteiger partial charge in [-0.3, -0.25) is 4.68 Å². The van der Waals surface area contributed by atoms with Gasteiger partial charge in [-0.25, -0.2) is 0 Å². The summed E-state index contributed by atoms with van der Waals surface area (Å²) >= 11 is 0. The molecule has 2 heterocycles. The van der Waals surface area contributed by atoms with Gasteiger partial charge in [0.15, 0.2) is 0 Å². The average molecular weight is 242 g/mol. The molecule has 0 aliphatic carbocycles. The minimum Gasteiger partial charge on any atom is -0.322 e. The number of benzene rings is 1. The van der Waals surface area contributed by atoms with E-state index in [0.717, 1.165) is 22.3 Å². The molecule has 6 heteroatoms. The van der Waals surface area contributed by atoms with Crippen LogP contribution in [0.5, 0.6) is 0 Å². The number of aryl methyl sites for hydroxylation is 1. The normalized spacial score (nSPS) is 13.0. The van der Waals surface area contributed by atoms with E-state index >= 15 is 0 Å². The van der Waals surface area contributed by atoms with Crippen LogP contribution < -0.4 is 5.73 Å². The van der Waals surface area contributed by atoms with Gasteiger partial charge < -0.3 is 5.73 Å². The monoisotopic (exact) mass is 242 g/mol. The third-order valence-electron chi connectivity index (χ3n) is 3.06. The minimum absolute atomic E-state index is 0.193. The molecule has 0 amide bonds. The van der Waals surface area contributed by atoms with E-state index in [0.29, 0.717) is 6.42 Å². The summed E-state index contributed by atoms with van der Waals surface area (Å²) in [5.74, 6) is 0. The van der Waals surface area contributed by atoms with Gasteiger partial charge >= 0.3 is 0 Å². The highest BCUT2D eigenvalue weighted by molar-refractivity contribution is 5.81. The van der Waals surface area contributed by atoms with Crippen LogP contribution in [0.4, 0.5) is 0 Å². The fourth-order valence-electron chi connectivity index (χ4n) is 2.14. The lowest BCUT2D eigenvalue weighted by Crippen LogP contribution is -2.14. The molecule has 0 fully saturated rings. The summed E-state index contributed by atoms with van der Waals surface area (Å²) in [6.07, 6.45) is 2.30. The van der Waals surface area contributed by atoms with Crippen molar-refractivity contribution in [2.24, 2.45) is 12.8 Å². The number of hydrogen-bond acceptors (Lipinski definition) is 4. The van der Waals surface area contributed by atoms with Crippen molar-refractivity contribution in [3.63, 3.8) is 0 Å². The first-order chi connectivity index (χ1) is 8.75. The quantitative estimate of drug-likeness (QED) is 0.715. The smallest absolute Gasteiger partial charge is 0.0995 e. The Balaban J connectivity index is 1.96. The third kappa shape index (κ3) is 1.76. The summed E-state index contributed by atoms with van der Waals surface area (Å²) in [6, 6.07) is 7.93. The van der Waals surface area contributed by atoms with E-state index in [9.17, 15) is 0 Å². The number of nitrogens with one attached hydrogen (secondary N) is 1. The minimum atomic E-state index is -0.193. The zero-order valence-corrected chi connectivity index (χ0v) is 10.0. The van der Waals surface area contributed by atoms with Gasteiger partial charge in [-0.2, -0.15) is 20.5 Å². The third-order valence-corrected chi connectivity index (χ3v) is 3.06. The molecule has 6 nitrogen and oxygen atoms in total. The number of aromatic amines is 1. The number of rotatable bonds is 3. The van der Waals surface area contributed by atoms with Crippen molar-refractivity contribution in [3.8, 4) is 0 Å². The average Bonchev–Trinajstić information content (AvgIpc) is 3.00. The van der Waals surface area contributed by atoms with Crippen LogP contribution in [0.3, 0.4) is 0 Å². The predicted molar refractivity (Wildman–Crippen MR) is 67.7 cm³/mol. The maximum Gasteiger partial charge on any atom is 0.0995 e. The number of hydrogen-bond donors (Lipinski definition) is 2. The van der Waals surface area contributed by atoms with E-state index in [1.54, 1.807) is 6.20 Å². The van der Waals surface area contributed by atoms with Crippen molar-refractivity contribution in [3.05, 3.63) is 41.9 Å². The summed E-state index contributed by atoms with van der Waals surface area (Å²) in [5.41, 5.74) is 8.95. The standard InChI is InChI=1S/C12H14N6/c1-18-12-5-3-2-4-8(12)10(16-18)6-9(13)11-7-14-17-15-11/h2-5,7,9H,6,13H2,1H3,(H,14,15,17). The lowest BCUT2D eigenvalue weighted by molar-refractivity contribution is 0.662. The molecule has 18 heavy (non-hydrogen) atoms. The Morgan fingerprint density at radius 3 is 3.00 bits per heavy atom. The van der Waals surface area contributed by atoms with Crippen LogP contribution in [0.15, 0.2) is 30.5 Å². The first-order valence-electron chi connectivity index (χ1n) is 5.77. The van der Waals surface area contributed by atoms with Gasteiger partial charge in [0.1, 0.15) is 0 Å². The fourth-order valence-corrected chi connectivity index (χ4v) is 2.14. The maximum atomic E-state index is 6.10. The Labute approximate surface area is 104 Å². The summed E-state index contributed by atoms with van der Waals surface area (Å²) in [7, 11) is 1.94. The Kier molecular flexibility index (Phi) is 2.56. The van der Waals surface area contributed by atoms with E-state index < -0.39 is 0 Å². The molecule has 1 unspecified atom stereocenters. The first-order valence-corrected chi connectivity index (χ1v) is 5.77. The number of para-hydroxylation sites is 1. The van der Waals surface area contributed by atoms with Crippen molar-refractivity contribution >= 4 is 10.9 Å². The highest BCUT2D eigenvalue weighted by Gasteiger charge is 2.15. The van der Waals surface area contributed by atoms with Gasteiger partial charge in [-0.15, -0.1) is 0 Å². The van der Waals surface area contributed by atoms with Crippen molar-refractivity contribution in [2.75, 3.05) is 0 Å². The summed E-state index contributed by atoms with van der Waals surface area (Å²) in [6.45, 7) is 0. The van der Waals surface area contributed by atoms with E-state index in [1.807, 2.05) is 29.9 Å². The SMILES string of the molecule is Cn1nc(CC(N)c2cn[nH]n2)c2ccccc21. The van der Waals surface area contributed by atoms with Gasteiger partial charge in [0, 0.05) is 18.9 Å². The van der Waals surface area contributed by atoms with E-state index in [-0.39, 0.29) is 6.04 Å². The van der Waals surface area contributed by atoms with Crippen LogP contribution in [-0.4, -0.2) is 25.2 Å². The molecule has 3 N–H and O–H groups in total. The van der Waals surface area contributed by atoms with Gasteiger partial charge in [0.25, 0.3) is 0 Å². The van der Waals surface area contributed by atoms with Gasteiger partial charge in [0.05, 0.1) is 29.1 Å². The van der Waals surface area contributed by atoms with Crippen LogP contribution in [0.1, 0.15) is 17.4 Å². The van der Waals surface area contributed by atoms with Crippen LogP contribution in [0, 0.1) is 0 Å². The molecule has 0 aliphatic rings. The number of H-pyrrole nitrogens is 1.